The molecule has 0 aliphatic carbocycles. The average Bonchev–Trinajstić information content (AvgIpc) is 2.80. The first-order valence-corrected chi connectivity index (χ1v) is 25.0. The summed E-state index contributed by atoms with van der Waals surface area (Å²) in [6, 6.07) is 33.7. The quantitative estimate of drug-likeness (QED) is 0.253. The fraction of sp³-hybridized carbons (Fsp3) is 0.143. The van der Waals surface area contributed by atoms with E-state index in [1.165, 1.54) is 15.9 Å². The van der Waals surface area contributed by atoms with Gasteiger partial charge in [0.25, 0.3) is 7.83 Å². The third-order valence-corrected chi connectivity index (χ3v) is 29.1. The lowest BCUT2D eigenvalue weighted by atomic mass is 10.2. The highest BCUT2D eigenvalue weighted by molar-refractivity contribution is 7.34. The van der Waals surface area contributed by atoms with E-state index in [1.807, 2.05) is 0 Å². The van der Waals surface area contributed by atoms with Crippen molar-refractivity contribution >= 4 is 64.9 Å². The summed E-state index contributed by atoms with van der Waals surface area (Å²) in [5.74, 6) is 0. The molecule has 3 rings (SSSR count). The molecule has 3 nitrogen and oxygen atoms in total. The van der Waals surface area contributed by atoms with Gasteiger partial charge in [-0.15, -0.1) is 0 Å². The number of rotatable bonds is 12. The van der Waals surface area contributed by atoms with E-state index in [0.717, 1.165) is 6.04 Å². The Balaban J connectivity index is 1.79. The maximum absolute atomic E-state index is 7.00. The van der Waals surface area contributed by atoms with E-state index in [1.54, 1.807) is 0 Å². The van der Waals surface area contributed by atoms with Gasteiger partial charge in [0.15, 0.2) is 36.9 Å². The van der Waals surface area contributed by atoms with Gasteiger partial charge in [0.2, 0.25) is 0 Å². The lowest BCUT2D eigenvalue weighted by Crippen LogP contribution is -2.67. The fourth-order valence-electron chi connectivity index (χ4n) is 3.51. The standard InChI is InChI=1S/C21H32O3Si6/c1-29(2)23-26-27-24-30(20-14-8-4-9-15-20,21-16-10-5-11-17-21)28-22-25-18-19-12-6-3-7-13-19/h3-17,29H,18,25-28H2,1-2H3. The fourth-order valence-corrected chi connectivity index (χ4v) is 34.1. The number of hydrogen-bond donors (Lipinski definition) is 0. The molecule has 158 valence electrons. The van der Waals surface area contributed by atoms with Gasteiger partial charge in [-0.2, -0.15) is 0 Å². The molecule has 0 N–H and O–H groups in total. The number of benzene rings is 3. The molecule has 0 radical (unpaired) electrons. The Morgan fingerprint density at radius 1 is 0.733 bits per heavy atom. The predicted octanol–water partition coefficient (Wildman–Crippen LogP) is -0.273. The van der Waals surface area contributed by atoms with Crippen LogP contribution in [0.5, 0.6) is 0 Å². The Morgan fingerprint density at radius 2 is 1.27 bits per heavy atom. The van der Waals surface area contributed by atoms with Gasteiger partial charge in [0, 0.05) is 0 Å². The van der Waals surface area contributed by atoms with Crippen molar-refractivity contribution < 1.29 is 12.3 Å². The molecule has 0 saturated carbocycles. The molecule has 30 heavy (non-hydrogen) atoms. The summed E-state index contributed by atoms with van der Waals surface area (Å²) in [5, 5.41) is 2.75. The minimum absolute atomic E-state index is 0.505. The van der Waals surface area contributed by atoms with Crippen molar-refractivity contribution in [2.24, 2.45) is 0 Å². The second-order valence-corrected chi connectivity index (χ2v) is 25.0. The van der Waals surface area contributed by atoms with Gasteiger partial charge in [-0.25, -0.2) is 0 Å². The maximum atomic E-state index is 7.00. The van der Waals surface area contributed by atoms with Crippen molar-refractivity contribution in [3.05, 3.63) is 96.6 Å². The van der Waals surface area contributed by atoms with Crippen LogP contribution in [0.25, 0.3) is 0 Å². The van der Waals surface area contributed by atoms with Crippen molar-refractivity contribution in [3.8, 4) is 0 Å². The molecule has 0 bridgehead atoms. The zero-order valence-corrected chi connectivity index (χ0v) is 25.8. The van der Waals surface area contributed by atoms with Crippen LogP contribution in [0.1, 0.15) is 5.56 Å². The van der Waals surface area contributed by atoms with Crippen molar-refractivity contribution in [1.82, 2.24) is 0 Å². The minimum Gasteiger partial charge on any atom is -0.464 e. The zero-order valence-electron chi connectivity index (χ0n) is 18.0. The molecule has 0 heterocycles. The highest BCUT2D eigenvalue weighted by atomic mass is 29.2. The van der Waals surface area contributed by atoms with Gasteiger partial charge in [-0.05, 0) is 35.1 Å². The zero-order chi connectivity index (χ0) is 21.1. The van der Waals surface area contributed by atoms with E-state index in [9.17, 15) is 0 Å². The predicted molar refractivity (Wildman–Crippen MR) is 144 cm³/mol. The van der Waals surface area contributed by atoms with Crippen LogP contribution < -0.4 is 10.4 Å². The molecule has 3 aromatic rings. The smallest absolute Gasteiger partial charge is 0.252 e. The normalized spacial score (nSPS) is 13.3. The summed E-state index contributed by atoms with van der Waals surface area (Å²) in [6.45, 7) is 4.51. The van der Waals surface area contributed by atoms with Crippen molar-refractivity contribution in [1.29, 1.82) is 0 Å². The minimum atomic E-state index is -2.27. The van der Waals surface area contributed by atoms with Crippen LogP contribution in [0.2, 0.25) is 13.1 Å². The van der Waals surface area contributed by atoms with Crippen LogP contribution in [0.4, 0.5) is 0 Å². The molecule has 0 spiro atoms. The summed E-state index contributed by atoms with van der Waals surface area (Å²) >= 11 is 0. The Kier molecular flexibility index (Phi) is 9.90. The average molecular weight is 501 g/mol. The monoisotopic (exact) mass is 500 g/mol. The van der Waals surface area contributed by atoms with Crippen LogP contribution in [0.3, 0.4) is 0 Å². The Labute approximate surface area is 192 Å². The SMILES string of the molecule is C[SiH](C)O[SiH2][SiH2]O[Si]([SiH2]O[SiH2]Cc1ccccc1)(c1ccccc1)c1ccccc1. The molecule has 0 aliphatic rings. The lowest BCUT2D eigenvalue weighted by Gasteiger charge is -2.33. The van der Waals surface area contributed by atoms with Crippen LogP contribution in [0, 0.1) is 0 Å². The Hall–Kier alpha value is -1.16. The highest BCUT2D eigenvalue weighted by Gasteiger charge is 2.40. The molecule has 9 heteroatoms. The highest BCUT2D eigenvalue weighted by Crippen LogP contribution is 2.08. The van der Waals surface area contributed by atoms with E-state index in [2.05, 4.69) is 104 Å². The van der Waals surface area contributed by atoms with Gasteiger partial charge >= 0.3 is 0 Å². The van der Waals surface area contributed by atoms with E-state index in [4.69, 9.17) is 12.3 Å². The molecule has 0 atom stereocenters. The Morgan fingerprint density at radius 3 is 1.80 bits per heavy atom. The van der Waals surface area contributed by atoms with Crippen LogP contribution in [0.15, 0.2) is 91.0 Å². The lowest BCUT2D eigenvalue weighted by molar-refractivity contribution is 0.592. The second kappa shape index (κ2) is 12.6. The first-order valence-electron chi connectivity index (χ1n) is 10.7. The van der Waals surface area contributed by atoms with Crippen molar-refractivity contribution in [2.75, 3.05) is 0 Å². The van der Waals surface area contributed by atoms with Gasteiger partial charge in [-0.1, -0.05) is 91.0 Å². The third-order valence-electron chi connectivity index (χ3n) is 5.05. The van der Waals surface area contributed by atoms with E-state index in [0.29, 0.717) is 0 Å². The summed E-state index contributed by atoms with van der Waals surface area (Å²) in [7, 11) is -5.80. The number of hydrogen-bond acceptors (Lipinski definition) is 3. The van der Waals surface area contributed by atoms with Crippen LogP contribution in [-0.2, 0) is 18.4 Å². The van der Waals surface area contributed by atoms with Gasteiger partial charge in [-0.3, -0.25) is 0 Å². The van der Waals surface area contributed by atoms with Gasteiger partial charge < -0.3 is 12.3 Å². The summed E-state index contributed by atoms with van der Waals surface area (Å²) < 4.78 is 19.7. The summed E-state index contributed by atoms with van der Waals surface area (Å²) in [5.41, 5.74) is 1.39. The molecular weight excluding hydrogens is 469 g/mol. The molecule has 0 unspecified atom stereocenters. The van der Waals surface area contributed by atoms with E-state index >= 15 is 0 Å². The molecule has 0 fully saturated rings. The van der Waals surface area contributed by atoms with E-state index in [-0.39, 0.29) is 0 Å². The van der Waals surface area contributed by atoms with Crippen molar-refractivity contribution in [3.63, 3.8) is 0 Å². The van der Waals surface area contributed by atoms with Gasteiger partial charge in [0.1, 0.15) is 9.76 Å². The summed E-state index contributed by atoms with van der Waals surface area (Å²) in [6.07, 6.45) is 0. The van der Waals surface area contributed by atoms with E-state index < -0.39 is 54.5 Å². The first-order chi connectivity index (χ1) is 14.7. The molecular formula is C21H32O3Si6. The topological polar surface area (TPSA) is 27.7 Å². The Bertz CT molecular complexity index is 813. The summed E-state index contributed by atoms with van der Waals surface area (Å²) in [4.78, 5) is 0. The molecule has 3 aromatic carbocycles. The molecule has 0 aromatic heterocycles. The molecule has 0 amide bonds. The third kappa shape index (κ3) is 6.93. The van der Waals surface area contributed by atoms with Crippen molar-refractivity contribution in [2.45, 2.75) is 19.1 Å². The largest absolute Gasteiger partial charge is 0.464 e. The second-order valence-electron chi connectivity index (χ2n) is 7.62. The maximum Gasteiger partial charge on any atom is 0.252 e. The molecule has 0 saturated heterocycles. The van der Waals surface area contributed by atoms with Gasteiger partial charge in [0.05, 0.1) is 0 Å². The van der Waals surface area contributed by atoms with Crippen LogP contribution >= 0.6 is 0 Å². The molecule has 0 aliphatic heterocycles. The first kappa shape index (κ1) is 23.5. The van der Waals surface area contributed by atoms with Crippen LogP contribution in [-0.4, -0.2) is 54.5 Å².